The van der Waals surface area contributed by atoms with Crippen molar-refractivity contribution in [1.29, 1.82) is 0 Å². The summed E-state index contributed by atoms with van der Waals surface area (Å²) in [6.07, 6.45) is 2.28. The summed E-state index contributed by atoms with van der Waals surface area (Å²) in [5, 5.41) is 3.67. The predicted octanol–water partition coefficient (Wildman–Crippen LogP) is 4.17. The third-order valence-corrected chi connectivity index (χ3v) is 3.74. The fourth-order valence-corrected chi connectivity index (χ4v) is 2.20. The van der Waals surface area contributed by atoms with Gasteiger partial charge in [-0.3, -0.25) is 0 Å². The average Bonchev–Trinajstić information content (AvgIpc) is 2.39. The summed E-state index contributed by atoms with van der Waals surface area (Å²) in [6.45, 7) is 10.1. The zero-order valence-electron chi connectivity index (χ0n) is 12.4. The Kier molecular flexibility index (Phi) is 5.67. The van der Waals surface area contributed by atoms with Crippen LogP contribution in [0, 0.1) is 5.41 Å². The Balaban J connectivity index is 3.08. The highest BCUT2D eigenvalue weighted by atomic mass is 16.5. The molecule has 2 nitrogen and oxygen atoms in total. The molecule has 0 fully saturated rings. The van der Waals surface area contributed by atoms with Crippen molar-refractivity contribution in [2.45, 2.75) is 46.6 Å². The van der Waals surface area contributed by atoms with Crippen LogP contribution >= 0.6 is 0 Å². The van der Waals surface area contributed by atoms with Gasteiger partial charge in [-0.05, 0) is 30.9 Å². The summed E-state index contributed by atoms with van der Waals surface area (Å²) in [5.74, 6) is 0.979. The van der Waals surface area contributed by atoms with Gasteiger partial charge >= 0.3 is 0 Å². The summed E-state index contributed by atoms with van der Waals surface area (Å²) >= 11 is 0. The summed E-state index contributed by atoms with van der Waals surface area (Å²) in [5.41, 5.74) is 1.48. The van der Waals surface area contributed by atoms with E-state index in [0.29, 0.717) is 6.04 Å². The fourth-order valence-electron chi connectivity index (χ4n) is 2.20. The first-order chi connectivity index (χ1) is 8.56. The van der Waals surface area contributed by atoms with E-state index in [1.165, 1.54) is 5.56 Å². The molecule has 0 saturated heterocycles. The van der Waals surface area contributed by atoms with Crippen molar-refractivity contribution >= 4 is 0 Å². The standard InChI is InChI=1S/C16H27NO/c1-6-12-17-15(16(3,4)7-2)13-10-8-9-11-14(13)18-5/h8-11,15,17H,6-7,12H2,1-5H3. The van der Waals surface area contributed by atoms with E-state index in [4.69, 9.17) is 4.74 Å². The molecule has 1 unspecified atom stereocenters. The van der Waals surface area contributed by atoms with E-state index in [0.717, 1.165) is 25.1 Å². The monoisotopic (exact) mass is 249 g/mol. The van der Waals surface area contributed by atoms with E-state index in [1.807, 2.05) is 12.1 Å². The van der Waals surface area contributed by atoms with Crippen LogP contribution in [-0.4, -0.2) is 13.7 Å². The minimum atomic E-state index is 0.212. The molecule has 1 aromatic rings. The fraction of sp³-hybridized carbons (Fsp3) is 0.625. The molecule has 0 aliphatic rings. The molecule has 18 heavy (non-hydrogen) atoms. The van der Waals surface area contributed by atoms with E-state index in [1.54, 1.807) is 7.11 Å². The molecule has 0 heterocycles. The molecule has 102 valence electrons. The van der Waals surface area contributed by atoms with Gasteiger partial charge in [-0.15, -0.1) is 0 Å². The predicted molar refractivity (Wildman–Crippen MR) is 78.1 cm³/mol. The quantitative estimate of drug-likeness (QED) is 0.783. The van der Waals surface area contributed by atoms with Crippen LogP contribution in [0.25, 0.3) is 0 Å². The maximum atomic E-state index is 5.51. The van der Waals surface area contributed by atoms with Crippen LogP contribution in [-0.2, 0) is 0 Å². The van der Waals surface area contributed by atoms with Crippen molar-refractivity contribution in [2.24, 2.45) is 5.41 Å². The number of methoxy groups -OCH3 is 1. The lowest BCUT2D eigenvalue weighted by atomic mass is 9.78. The topological polar surface area (TPSA) is 21.3 Å². The minimum Gasteiger partial charge on any atom is -0.496 e. The molecule has 1 atom stereocenters. The third kappa shape index (κ3) is 3.49. The maximum Gasteiger partial charge on any atom is 0.123 e. The zero-order valence-corrected chi connectivity index (χ0v) is 12.4. The molecule has 1 N–H and O–H groups in total. The molecular weight excluding hydrogens is 222 g/mol. The molecule has 0 aromatic heterocycles. The second kappa shape index (κ2) is 6.79. The maximum absolute atomic E-state index is 5.51. The highest BCUT2D eigenvalue weighted by molar-refractivity contribution is 5.36. The van der Waals surface area contributed by atoms with Crippen molar-refractivity contribution in [3.8, 4) is 5.75 Å². The second-order valence-corrected chi connectivity index (χ2v) is 5.47. The molecule has 0 spiro atoms. The van der Waals surface area contributed by atoms with Gasteiger partial charge in [0.1, 0.15) is 5.75 Å². The van der Waals surface area contributed by atoms with E-state index in [2.05, 4.69) is 45.1 Å². The largest absolute Gasteiger partial charge is 0.496 e. The lowest BCUT2D eigenvalue weighted by Crippen LogP contribution is -2.34. The van der Waals surface area contributed by atoms with Crippen LogP contribution < -0.4 is 10.1 Å². The number of hydrogen-bond donors (Lipinski definition) is 1. The smallest absolute Gasteiger partial charge is 0.123 e. The van der Waals surface area contributed by atoms with Crippen molar-refractivity contribution in [2.75, 3.05) is 13.7 Å². The third-order valence-electron chi connectivity index (χ3n) is 3.74. The average molecular weight is 249 g/mol. The lowest BCUT2D eigenvalue weighted by molar-refractivity contribution is 0.229. The number of rotatable bonds is 7. The first-order valence-electron chi connectivity index (χ1n) is 6.93. The molecule has 0 saturated carbocycles. The van der Waals surface area contributed by atoms with Gasteiger partial charge in [-0.25, -0.2) is 0 Å². The molecule has 0 radical (unpaired) electrons. The van der Waals surface area contributed by atoms with Gasteiger partial charge in [0.15, 0.2) is 0 Å². The van der Waals surface area contributed by atoms with Gasteiger partial charge in [-0.1, -0.05) is 45.9 Å². The molecule has 0 aliphatic carbocycles. The first-order valence-corrected chi connectivity index (χ1v) is 6.93. The zero-order chi connectivity index (χ0) is 13.6. The summed E-state index contributed by atoms with van der Waals surface area (Å²) in [7, 11) is 1.74. The van der Waals surface area contributed by atoms with Crippen molar-refractivity contribution in [3.05, 3.63) is 29.8 Å². The Morgan fingerprint density at radius 3 is 2.44 bits per heavy atom. The van der Waals surface area contributed by atoms with Gasteiger partial charge in [0.2, 0.25) is 0 Å². The first kappa shape index (κ1) is 15.0. The van der Waals surface area contributed by atoms with Gasteiger partial charge in [-0.2, -0.15) is 0 Å². The second-order valence-electron chi connectivity index (χ2n) is 5.47. The van der Waals surface area contributed by atoms with E-state index in [-0.39, 0.29) is 5.41 Å². The Morgan fingerprint density at radius 2 is 1.89 bits per heavy atom. The van der Waals surface area contributed by atoms with Crippen LogP contribution in [0.2, 0.25) is 0 Å². The van der Waals surface area contributed by atoms with Crippen molar-refractivity contribution < 1.29 is 4.74 Å². The number of hydrogen-bond acceptors (Lipinski definition) is 2. The highest BCUT2D eigenvalue weighted by Gasteiger charge is 2.30. The Morgan fingerprint density at radius 1 is 1.22 bits per heavy atom. The molecule has 0 amide bonds. The summed E-state index contributed by atoms with van der Waals surface area (Å²) in [4.78, 5) is 0. The molecule has 0 aliphatic heterocycles. The SMILES string of the molecule is CCCNC(c1ccccc1OC)C(C)(C)CC. The van der Waals surface area contributed by atoms with Crippen LogP contribution in [0.5, 0.6) is 5.75 Å². The van der Waals surface area contributed by atoms with E-state index >= 15 is 0 Å². The summed E-state index contributed by atoms with van der Waals surface area (Å²) in [6, 6.07) is 8.66. The Hall–Kier alpha value is -1.02. The van der Waals surface area contributed by atoms with Crippen LogP contribution in [0.1, 0.15) is 52.1 Å². The number of para-hydroxylation sites is 1. The minimum absolute atomic E-state index is 0.212. The molecule has 1 aromatic carbocycles. The molecular formula is C16H27NO. The van der Waals surface area contributed by atoms with Crippen molar-refractivity contribution in [3.63, 3.8) is 0 Å². The highest BCUT2D eigenvalue weighted by Crippen LogP contribution is 2.39. The molecule has 2 heteroatoms. The number of ether oxygens (including phenoxy) is 1. The number of benzene rings is 1. The molecule has 0 bridgehead atoms. The Bertz CT molecular complexity index is 360. The lowest BCUT2D eigenvalue weighted by Gasteiger charge is -2.35. The van der Waals surface area contributed by atoms with Gasteiger partial charge in [0.25, 0.3) is 0 Å². The van der Waals surface area contributed by atoms with Crippen LogP contribution in [0.3, 0.4) is 0 Å². The van der Waals surface area contributed by atoms with Gasteiger partial charge < -0.3 is 10.1 Å². The van der Waals surface area contributed by atoms with Crippen LogP contribution in [0.15, 0.2) is 24.3 Å². The molecule has 1 rings (SSSR count). The van der Waals surface area contributed by atoms with Crippen molar-refractivity contribution in [1.82, 2.24) is 5.32 Å². The van der Waals surface area contributed by atoms with Gasteiger partial charge in [0, 0.05) is 11.6 Å². The summed E-state index contributed by atoms with van der Waals surface area (Å²) < 4.78 is 5.51. The number of nitrogens with one attached hydrogen (secondary N) is 1. The van der Waals surface area contributed by atoms with E-state index in [9.17, 15) is 0 Å². The normalized spacial score (nSPS) is 13.4. The van der Waals surface area contributed by atoms with Gasteiger partial charge in [0.05, 0.1) is 7.11 Å². The van der Waals surface area contributed by atoms with E-state index < -0.39 is 0 Å². The Labute approximate surface area is 112 Å². The van der Waals surface area contributed by atoms with Crippen LogP contribution in [0.4, 0.5) is 0 Å².